The maximum Gasteiger partial charge on any atom is 0.251 e. The van der Waals surface area contributed by atoms with Crippen LogP contribution in [0.2, 0.25) is 0 Å². The highest BCUT2D eigenvalue weighted by Gasteiger charge is 2.06. The molecule has 0 spiro atoms. The summed E-state index contributed by atoms with van der Waals surface area (Å²) in [6.45, 7) is 2.72. The van der Waals surface area contributed by atoms with Crippen LogP contribution in [0.25, 0.3) is 0 Å². The molecule has 2 aromatic rings. The first-order valence-corrected chi connectivity index (χ1v) is 7.48. The number of rotatable bonds is 6. The minimum Gasteiger partial charge on any atom is -0.373 e. The lowest BCUT2D eigenvalue weighted by molar-refractivity contribution is -0.114. The van der Waals surface area contributed by atoms with Crippen molar-refractivity contribution in [3.8, 4) is 0 Å². The lowest BCUT2D eigenvalue weighted by Gasteiger charge is -2.19. The normalized spacial score (nSPS) is 10.0. The number of nitrogens with one attached hydrogen (secondary N) is 2. The van der Waals surface area contributed by atoms with Crippen LogP contribution in [-0.4, -0.2) is 32.0 Å². The maximum absolute atomic E-state index is 12.1. The molecule has 0 fully saturated rings. The Kier molecular flexibility index (Phi) is 5.74. The van der Waals surface area contributed by atoms with Crippen LogP contribution in [0, 0.1) is 0 Å². The van der Waals surface area contributed by atoms with Gasteiger partial charge in [-0.25, -0.2) is 0 Å². The lowest BCUT2D eigenvalue weighted by atomic mass is 10.2. The Balaban J connectivity index is 1.81. The number of para-hydroxylation sites is 1. The molecule has 0 radical (unpaired) electrons. The van der Waals surface area contributed by atoms with E-state index in [4.69, 9.17) is 0 Å². The second-order valence-corrected chi connectivity index (χ2v) is 5.27. The Morgan fingerprint density at radius 2 is 1.65 bits per heavy atom. The van der Waals surface area contributed by atoms with Gasteiger partial charge < -0.3 is 15.5 Å². The van der Waals surface area contributed by atoms with E-state index >= 15 is 0 Å². The molecule has 0 saturated heterocycles. The van der Waals surface area contributed by atoms with Gasteiger partial charge in [-0.05, 0) is 36.4 Å². The van der Waals surface area contributed by atoms with Crippen LogP contribution in [0.1, 0.15) is 17.3 Å². The van der Waals surface area contributed by atoms with E-state index in [0.717, 1.165) is 12.2 Å². The summed E-state index contributed by atoms with van der Waals surface area (Å²) in [6, 6.07) is 16.8. The first kappa shape index (κ1) is 16.5. The molecule has 23 heavy (non-hydrogen) atoms. The molecule has 0 aliphatic carbocycles. The van der Waals surface area contributed by atoms with Crippen molar-refractivity contribution in [3.63, 3.8) is 0 Å². The third kappa shape index (κ3) is 5.14. The second-order valence-electron chi connectivity index (χ2n) is 5.27. The molecule has 0 aliphatic heterocycles. The first-order valence-electron chi connectivity index (χ1n) is 7.48. The molecule has 0 atom stereocenters. The molecule has 2 N–H and O–H groups in total. The van der Waals surface area contributed by atoms with E-state index in [1.165, 1.54) is 6.92 Å². The monoisotopic (exact) mass is 311 g/mol. The highest BCUT2D eigenvalue weighted by Crippen LogP contribution is 2.11. The molecule has 2 rings (SSSR count). The van der Waals surface area contributed by atoms with Crippen molar-refractivity contribution in [1.82, 2.24) is 5.32 Å². The van der Waals surface area contributed by atoms with Crippen LogP contribution in [-0.2, 0) is 4.79 Å². The minimum absolute atomic E-state index is 0.124. The van der Waals surface area contributed by atoms with Crippen molar-refractivity contribution < 1.29 is 9.59 Å². The molecule has 0 bridgehead atoms. The summed E-state index contributed by atoms with van der Waals surface area (Å²) in [5.41, 5.74) is 2.36. The molecular weight excluding hydrogens is 290 g/mol. The van der Waals surface area contributed by atoms with Gasteiger partial charge in [0, 0.05) is 44.0 Å². The van der Waals surface area contributed by atoms with Gasteiger partial charge in [0.2, 0.25) is 5.91 Å². The fourth-order valence-electron chi connectivity index (χ4n) is 2.16. The SMILES string of the molecule is CC(=O)Nc1ccc(C(=O)NCCN(C)c2ccccc2)cc1. The quantitative estimate of drug-likeness (QED) is 0.861. The van der Waals surface area contributed by atoms with Crippen LogP contribution in [0.5, 0.6) is 0 Å². The van der Waals surface area contributed by atoms with E-state index < -0.39 is 0 Å². The number of benzene rings is 2. The number of hydrogen-bond donors (Lipinski definition) is 2. The number of nitrogens with zero attached hydrogens (tertiary/aromatic N) is 1. The van der Waals surface area contributed by atoms with Crippen molar-refractivity contribution >= 4 is 23.2 Å². The molecule has 0 aromatic heterocycles. The predicted octanol–water partition coefficient (Wildman–Crippen LogP) is 2.51. The van der Waals surface area contributed by atoms with Crippen molar-refractivity contribution in [2.45, 2.75) is 6.92 Å². The van der Waals surface area contributed by atoms with E-state index in [1.54, 1.807) is 24.3 Å². The molecule has 0 unspecified atom stereocenters. The largest absolute Gasteiger partial charge is 0.373 e. The number of anilines is 2. The molecule has 0 aliphatic rings. The third-order valence-corrected chi connectivity index (χ3v) is 3.40. The third-order valence-electron chi connectivity index (χ3n) is 3.40. The van der Waals surface area contributed by atoms with Crippen molar-refractivity contribution in [2.75, 3.05) is 30.4 Å². The van der Waals surface area contributed by atoms with Crippen LogP contribution in [0.3, 0.4) is 0 Å². The zero-order chi connectivity index (χ0) is 16.7. The Hall–Kier alpha value is -2.82. The summed E-state index contributed by atoms with van der Waals surface area (Å²) in [5, 5.41) is 5.56. The van der Waals surface area contributed by atoms with Crippen LogP contribution in [0.15, 0.2) is 54.6 Å². The highest BCUT2D eigenvalue weighted by molar-refractivity contribution is 5.95. The fraction of sp³-hybridized carbons (Fsp3) is 0.222. The van der Waals surface area contributed by atoms with Crippen molar-refractivity contribution in [1.29, 1.82) is 0 Å². The van der Waals surface area contributed by atoms with Gasteiger partial charge in [-0.15, -0.1) is 0 Å². The standard InChI is InChI=1S/C18H21N3O2/c1-14(22)20-16-10-8-15(9-11-16)18(23)19-12-13-21(2)17-6-4-3-5-7-17/h3-11H,12-13H2,1-2H3,(H,19,23)(H,20,22). The number of hydrogen-bond acceptors (Lipinski definition) is 3. The Morgan fingerprint density at radius 3 is 2.26 bits per heavy atom. The zero-order valence-electron chi connectivity index (χ0n) is 13.4. The molecule has 2 amide bonds. The summed E-state index contributed by atoms with van der Waals surface area (Å²) >= 11 is 0. The number of carbonyl (C=O) groups is 2. The van der Waals surface area contributed by atoms with E-state index in [-0.39, 0.29) is 11.8 Å². The van der Waals surface area contributed by atoms with Gasteiger partial charge in [-0.2, -0.15) is 0 Å². The highest BCUT2D eigenvalue weighted by atomic mass is 16.2. The maximum atomic E-state index is 12.1. The van der Waals surface area contributed by atoms with Crippen molar-refractivity contribution in [3.05, 3.63) is 60.2 Å². The molecule has 2 aromatic carbocycles. The lowest BCUT2D eigenvalue weighted by Crippen LogP contribution is -2.32. The van der Waals surface area contributed by atoms with E-state index in [0.29, 0.717) is 17.8 Å². The van der Waals surface area contributed by atoms with Gasteiger partial charge in [0.15, 0.2) is 0 Å². The summed E-state index contributed by atoms with van der Waals surface area (Å²) in [6.07, 6.45) is 0. The molecular formula is C18H21N3O2. The fourth-order valence-corrected chi connectivity index (χ4v) is 2.16. The van der Waals surface area contributed by atoms with Gasteiger partial charge in [0.1, 0.15) is 0 Å². The summed E-state index contributed by atoms with van der Waals surface area (Å²) in [5.74, 6) is -0.257. The van der Waals surface area contributed by atoms with Crippen LogP contribution in [0.4, 0.5) is 11.4 Å². The number of carbonyl (C=O) groups excluding carboxylic acids is 2. The second kappa shape index (κ2) is 7.98. The van der Waals surface area contributed by atoms with E-state index in [1.807, 2.05) is 37.4 Å². The average molecular weight is 311 g/mol. The number of amides is 2. The Morgan fingerprint density at radius 1 is 1.00 bits per heavy atom. The number of likely N-dealkylation sites (N-methyl/N-ethyl adjacent to an activating group) is 1. The first-order chi connectivity index (χ1) is 11.1. The topological polar surface area (TPSA) is 61.4 Å². The Bertz CT molecular complexity index is 654. The summed E-state index contributed by atoms with van der Waals surface area (Å²) in [4.78, 5) is 25.1. The van der Waals surface area contributed by atoms with Gasteiger partial charge in [-0.1, -0.05) is 18.2 Å². The Labute approximate surface area is 136 Å². The van der Waals surface area contributed by atoms with Crippen LogP contribution < -0.4 is 15.5 Å². The molecule has 0 heterocycles. The van der Waals surface area contributed by atoms with Gasteiger partial charge in [0.05, 0.1) is 0 Å². The predicted molar refractivity (Wildman–Crippen MR) is 92.8 cm³/mol. The van der Waals surface area contributed by atoms with Crippen LogP contribution >= 0.6 is 0 Å². The van der Waals surface area contributed by atoms with Gasteiger partial charge in [0.25, 0.3) is 5.91 Å². The minimum atomic E-state index is -0.133. The van der Waals surface area contributed by atoms with Gasteiger partial charge in [-0.3, -0.25) is 9.59 Å². The molecule has 5 heteroatoms. The zero-order valence-corrected chi connectivity index (χ0v) is 13.4. The summed E-state index contributed by atoms with van der Waals surface area (Å²) < 4.78 is 0. The smallest absolute Gasteiger partial charge is 0.251 e. The average Bonchev–Trinajstić information content (AvgIpc) is 2.55. The van der Waals surface area contributed by atoms with E-state index in [9.17, 15) is 9.59 Å². The van der Waals surface area contributed by atoms with Gasteiger partial charge >= 0.3 is 0 Å². The molecule has 0 saturated carbocycles. The van der Waals surface area contributed by atoms with E-state index in [2.05, 4.69) is 15.5 Å². The summed E-state index contributed by atoms with van der Waals surface area (Å²) in [7, 11) is 1.99. The molecule has 120 valence electrons. The molecule has 5 nitrogen and oxygen atoms in total. The van der Waals surface area contributed by atoms with Crippen molar-refractivity contribution in [2.24, 2.45) is 0 Å².